The molecule has 0 radical (unpaired) electrons. The van der Waals surface area contributed by atoms with Crippen molar-refractivity contribution < 1.29 is 23.8 Å². The van der Waals surface area contributed by atoms with E-state index in [1.54, 1.807) is 21.0 Å². The molecule has 0 aliphatic heterocycles. The van der Waals surface area contributed by atoms with Crippen molar-refractivity contribution >= 4 is 12.1 Å². The van der Waals surface area contributed by atoms with E-state index in [4.69, 9.17) is 9.47 Å². The molecule has 0 aromatic rings. The number of carbonyl (C=O) groups is 2. The lowest BCUT2D eigenvalue weighted by Crippen LogP contribution is -2.17. The van der Waals surface area contributed by atoms with Crippen LogP contribution >= 0.6 is 0 Å². The Bertz CT molecular complexity index is 183. The van der Waals surface area contributed by atoms with E-state index in [1.807, 2.05) is 0 Å². The zero-order valence-corrected chi connectivity index (χ0v) is 9.61. The van der Waals surface area contributed by atoms with E-state index in [2.05, 4.69) is 10.5 Å². The molecular formula is C9H19NO5. The normalized spacial score (nSPS) is 10.7. The van der Waals surface area contributed by atoms with Crippen LogP contribution in [0.2, 0.25) is 0 Å². The Morgan fingerprint density at radius 3 is 2.13 bits per heavy atom. The maximum absolute atomic E-state index is 10.3. The number of nitrogens with two attached hydrogens (primary N) is 1. The summed E-state index contributed by atoms with van der Waals surface area (Å²) in [5, 5.41) is 0. The zero-order chi connectivity index (χ0) is 12.3. The third-order valence-corrected chi connectivity index (χ3v) is 1.06. The molecule has 15 heavy (non-hydrogen) atoms. The fourth-order valence-corrected chi connectivity index (χ4v) is 0.694. The average Bonchev–Trinajstić information content (AvgIpc) is 2.03. The highest BCUT2D eigenvalue weighted by Crippen LogP contribution is 1.90. The van der Waals surface area contributed by atoms with Crippen LogP contribution in [0.5, 0.6) is 0 Å². The van der Waals surface area contributed by atoms with Crippen LogP contribution in [0.15, 0.2) is 0 Å². The third-order valence-electron chi connectivity index (χ3n) is 1.06. The van der Waals surface area contributed by atoms with Crippen LogP contribution in [-0.2, 0) is 19.0 Å². The standard InChI is InChI=1S/C6H12O3.C3H7NO2/c1-5(4-8-3)9-6(2)7;1-2-6-3(4)5/h5H,4H2,1-3H3;2H2,1H3,(H2,4,5). The summed E-state index contributed by atoms with van der Waals surface area (Å²) in [6, 6.07) is 0. The van der Waals surface area contributed by atoms with Crippen molar-refractivity contribution in [3.8, 4) is 0 Å². The predicted molar refractivity (Wildman–Crippen MR) is 54.3 cm³/mol. The second-order valence-electron chi connectivity index (χ2n) is 2.63. The van der Waals surface area contributed by atoms with E-state index in [-0.39, 0.29) is 12.1 Å². The van der Waals surface area contributed by atoms with Gasteiger partial charge in [0.1, 0.15) is 6.10 Å². The molecular weight excluding hydrogens is 202 g/mol. The van der Waals surface area contributed by atoms with Gasteiger partial charge in [-0.15, -0.1) is 0 Å². The number of esters is 1. The van der Waals surface area contributed by atoms with Gasteiger partial charge in [-0.3, -0.25) is 4.79 Å². The molecule has 1 atom stereocenters. The molecule has 6 heteroatoms. The molecule has 0 aromatic heterocycles. The lowest BCUT2D eigenvalue weighted by atomic mass is 10.4. The first-order valence-electron chi connectivity index (χ1n) is 4.52. The van der Waals surface area contributed by atoms with Crippen LogP contribution in [-0.4, -0.2) is 38.5 Å². The third kappa shape index (κ3) is 19.2. The van der Waals surface area contributed by atoms with Gasteiger partial charge in [0.15, 0.2) is 0 Å². The number of ether oxygens (including phenoxy) is 3. The Hall–Kier alpha value is -1.30. The van der Waals surface area contributed by atoms with Gasteiger partial charge < -0.3 is 19.9 Å². The fourth-order valence-electron chi connectivity index (χ4n) is 0.694. The number of hydrogen-bond donors (Lipinski definition) is 1. The van der Waals surface area contributed by atoms with Gasteiger partial charge in [0.2, 0.25) is 0 Å². The van der Waals surface area contributed by atoms with Crippen molar-refractivity contribution in [3.05, 3.63) is 0 Å². The van der Waals surface area contributed by atoms with Crippen molar-refractivity contribution in [2.75, 3.05) is 20.3 Å². The summed E-state index contributed by atoms with van der Waals surface area (Å²) in [5.41, 5.74) is 4.54. The summed E-state index contributed by atoms with van der Waals surface area (Å²) >= 11 is 0. The van der Waals surface area contributed by atoms with Crippen molar-refractivity contribution in [3.63, 3.8) is 0 Å². The Morgan fingerprint density at radius 2 is 1.93 bits per heavy atom. The monoisotopic (exact) mass is 221 g/mol. The number of rotatable bonds is 4. The van der Waals surface area contributed by atoms with E-state index in [0.29, 0.717) is 13.2 Å². The van der Waals surface area contributed by atoms with Crippen molar-refractivity contribution in [1.82, 2.24) is 0 Å². The van der Waals surface area contributed by atoms with Gasteiger partial charge in [-0.25, -0.2) is 4.79 Å². The van der Waals surface area contributed by atoms with Gasteiger partial charge in [0, 0.05) is 14.0 Å². The van der Waals surface area contributed by atoms with Gasteiger partial charge in [-0.2, -0.15) is 0 Å². The number of primary amides is 1. The topological polar surface area (TPSA) is 87.8 Å². The highest BCUT2D eigenvalue weighted by atomic mass is 16.6. The van der Waals surface area contributed by atoms with Gasteiger partial charge in [-0.05, 0) is 13.8 Å². The van der Waals surface area contributed by atoms with Crippen molar-refractivity contribution in [2.45, 2.75) is 26.9 Å². The van der Waals surface area contributed by atoms with Crippen LogP contribution in [0, 0.1) is 0 Å². The molecule has 0 saturated heterocycles. The Morgan fingerprint density at radius 1 is 1.40 bits per heavy atom. The predicted octanol–water partition coefficient (Wildman–Crippen LogP) is 0.686. The van der Waals surface area contributed by atoms with Gasteiger partial charge >= 0.3 is 12.1 Å². The molecule has 0 bridgehead atoms. The zero-order valence-electron chi connectivity index (χ0n) is 9.61. The highest BCUT2D eigenvalue weighted by molar-refractivity contribution is 5.66. The highest BCUT2D eigenvalue weighted by Gasteiger charge is 2.02. The summed E-state index contributed by atoms with van der Waals surface area (Å²) < 4.78 is 13.6. The Balaban J connectivity index is 0. The van der Waals surface area contributed by atoms with E-state index in [1.165, 1.54) is 6.92 Å². The molecule has 1 amide bonds. The number of amides is 1. The maximum Gasteiger partial charge on any atom is 0.404 e. The van der Waals surface area contributed by atoms with Crippen LogP contribution in [0.1, 0.15) is 20.8 Å². The first-order valence-corrected chi connectivity index (χ1v) is 4.52. The second kappa shape index (κ2) is 10.8. The van der Waals surface area contributed by atoms with E-state index >= 15 is 0 Å². The number of carbonyl (C=O) groups excluding carboxylic acids is 2. The first-order chi connectivity index (χ1) is 6.93. The summed E-state index contributed by atoms with van der Waals surface area (Å²) in [6.07, 6.45) is -0.843. The molecule has 0 aromatic carbocycles. The summed E-state index contributed by atoms with van der Waals surface area (Å²) in [7, 11) is 1.57. The lowest BCUT2D eigenvalue weighted by Gasteiger charge is -2.08. The van der Waals surface area contributed by atoms with E-state index in [9.17, 15) is 9.59 Å². The smallest absolute Gasteiger partial charge is 0.404 e. The second-order valence-corrected chi connectivity index (χ2v) is 2.63. The van der Waals surface area contributed by atoms with Crippen LogP contribution in [0.25, 0.3) is 0 Å². The van der Waals surface area contributed by atoms with Gasteiger partial charge in [0.05, 0.1) is 13.2 Å². The Labute approximate surface area is 89.7 Å². The largest absolute Gasteiger partial charge is 0.460 e. The van der Waals surface area contributed by atoms with Crippen molar-refractivity contribution in [2.24, 2.45) is 5.73 Å². The quantitative estimate of drug-likeness (QED) is 0.705. The summed E-state index contributed by atoms with van der Waals surface area (Å²) in [5.74, 6) is -0.264. The van der Waals surface area contributed by atoms with E-state index in [0.717, 1.165) is 0 Å². The molecule has 2 N–H and O–H groups in total. The minimum Gasteiger partial charge on any atom is -0.460 e. The number of hydrogen-bond acceptors (Lipinski definition) is 5. The minimum absolute atomic E-state index is 0.132. The van der Waals surface area contributed by atoms with Crippen LogP contribution < -0.4 is 5.73 Å². The molecule has 0 saturated carbocycles. The lowest BCUT2D eigenvalue weighted by molar-refractivity contribution is -0.147. The van der Waals surface area contributed by atoms with Gasteiger partial charge in [-0.1, -0.05) is 0 Å². The molecule has 0 aliphatic rings. The number of methoxy groups -OCH3 is 1. The minimum atomic E-state index is -0.711. The van der Waals surface area contributed by atoms with Crippen LogP contribution in [0.4, 0.5) is 4.79 Å². The molecule has 0 rings (SSSR count). The summed E-state index contributed by atoms with van der Waals surface area (Å²) in [6.45, 7) is 5.68. The maximum atomic E-state index is 10.3. The summed E-state index contributed by atoms with van der Waals surface area (Å²) in [4.78, 5) is 19.9. The molecule has 90 valence electrons. The average molecular weight is 221 g/mol. The van der Waals surface area contributed by atoms with Crippen LogP contribution in [0.3, 0.4) is 0 Å². The van der Waals surface area contributed by atoms with Gasteiger partial charge in [0.25, 0.3) is 0 Å². The molecule has 0 aliphatic carbocycles. The molecule has 0 fully saturated rings. The Kier molecular flexibility index (Phi) is 11.6. The van der Waals surface area contributed by atoms with Crippen molar-refractivity contribution in [1.29, 1.82) is 0 Å². The fraction of sp³-hybridized carbons (Fsp3) is 0.778. The molecule has 1 unspecified atom stereocenters. The first kappa shape index (κ1) is 16.1. The molecule has 6 nitrogen and oxygen atoms in total. The molecule has 0 spiro atoms. The SMILES string of the molecule is CCOC(N)=O.COCC(C)OC(C)=O. The molecule has 0 heterocycles. The van der Waals surface area contributed by atoms with E-state index < -0.39 is 6.09 Å².